The van der Waals surface area contributed by atoms with E-state index in [1.54, 1.807) is 13.8 Å². The molecule has 0 unspecified atom stereocenters. The van der Waals surface area contributed by atoms with E-state index in [-0.39, 0.29) is 30.1 Å². The third-order valence-electron chi connectivity index (χ3n) is 3.66. The summed E-state index contributed by atoms with van der Waals surface area (Å²) in [6.45, 7) is 3.56. The molecule has 31 heavy (non-hydrogen) atoms. The predicted molar refractivity (Wildman–Crippen MR) is 101 cm³/mol. The van der Waals surface area contributed by atoms with Crippen molar-refractivity contribution in [2.45, 2.75) is 13.8 Å². The maximum atomic E-state index is 13.2. The topological polar surface area (TPSA) is 111 Å². The van der Waals surface area contributed by atoms with Crippen molar-refractivity contribution in [2.75, 3.05) is 13.2 Å². The molecule has 0 saturated carbocycles. The van der Waals surface area contributed by atoms with Crippen molar-refractivity contribution in [2.24, 2.45) is 5.16 Å². The van der Waals surface area contributed by atoms with Crippen molar-refractivity contribution in [3.8, 4) is 0 Å². The van der Waals surface area contributed by atoms with E-state index >= 15 is 0 Å². The molecule has 3 aromatic rings. The van der Waals surface area contributed by atoms with Crippen LogP contribution in [0.4, 0.5) is 13.2 Å². The Bertz CT molecular complexity index is 1110. The van der Waals surface area contributed by atoms with Crippen molar-refractivity contribution in [1.29, 1.82) is 0 Å². The van der Waals surface area contributed by atoms with Crippen LogP contribution in [0.3, 0.4) is 0 Å². The fourth-order valence-electron chi connectivity index (χ4n) is 2.34. The van der Waals surface area contributed by atoms with E-state index < -0.39 is 35.1 Å². The lowest BCUT2D eigenvalue weighted by atomic mass is 10.1. The maximum absolute atomic E-state index is 13.2. The van der Waals surface area contributed by atoms with Gasteiger partial charge in [-0.25, -0.2) is 22.8 Å². The Morgan fingerprint density at radius 2 is 1.68 bits per heavy atom. The molecule has 164 valence electrons. The molecule has 8 nitrogen and oxygen atoms in total. The molecule has 2 aromatic carbocycles. The third-order valence-corrected chi connectivity index (χ3v) is 3.66. The van der Waals surface area contributed by atoms with E-state index in [1.807, 2.05) is 0 Å². The largest absolute Gasteiger partial charge is 0.461 e. The second-order valence-corrected chi connectivity index (χ2v) is 5.69. The molecule has 1 N–H and O–H groups in total. The Hall–Kier alpha value is -3.89. The molecular formula is C20H17F3N2O6. The first-order chi connectivity index (χ1) is 14.8. The van der Waals surface area contributed by atoms with Crippen LogP contribution in [-0.2, 0) is 14.3 Å². The molecule has 0 spiro atoms. The second kappa shape index (κ2) is 10.8. The highest BCUT2D eigenvalue weighted by Crippen LogP contribution is 2.20. The lowest BCUT2D eigenvalue weighted by Crippen LogP contribution is -2.20. The molecule has 0 saturated heterocycles. The summed E-state index contributed by atoms with van der Waals surface area (Å²) in [6, 6.07) is 6.37. The third kappa shape index (κ3) is 5.81. The van der Waals surface area contributed by atoms with Crippen molar-refractivity contribution >= 4 is 28.6 Å². The van der Waals surface area contributed by atoms with Crippen LogP contribution < -0.4 is 0 Å². The van der Waals surface area contributed by atoms with E-state index in [1.165, 1.54) is 18.2 Å². The number of oxime groups is 1. The lowest BCUT2D eigenvalue weighted by Gasteiger charge is -2.05. The van der Waals surface area contributed by atoms with Gasteiger partial charge in [0.1, 0.15) is 17.5 Å². The molecule has 0 aliphatic rings. The molecule has 1 heterocycles. The number of rotatable bonds is 5. The van der Waals surface area contributed by atoms with Crippen LogP contribution in [0.2, 0.25) is 0 Å². The fourth-order valence-corrected chi connectivity index (χ4v) is 2.34. The number of benzene rings is 2. The maximum Gasteiger partial charge on any atom is 0.361 e. The first kappa shape index (κ1) is 23.4. The monoisotopic (exact) mass is 438 g/mol. The zero-order chi connectivity index (χ0) is 23.0. The van der Waals surface area contributed by atoms with Gasteiger partial charge in [-0.3, -0.25) is 0 Å². The van der Waals surface area contributed by atoms with Gasteiger partial charge in [0.2, 0.25) is 0 Å². The van der Waals surface area contributed by atoms with E-state index in [2.05, 4.69) is 15.0 Å². The van der Waals surface area contributed by atoms with Crippen LogP contribution >= 0.6 is 0 Å². The number of esters is 2. The van der Waals surface area contributed by atoms with Crippen LogP contribution in [0.25, 0.3) is 11.0 Å². The normalized spacial score (nSPS) is 10.9. The number of fused-ring (bicyclic) bond motifs is 1. The molecule has 1 aromatic heterocycles. The lowest BCUT2D eigenvalue weighted by molar-refractivity contribution is -0.135. The van der Waals surface area contributed by atoms with Gasteiger partial charge in [0.25, 0.3) is 0 Å². The van der Waals surface area contributed by atoms with Crippen LogP contribution in [0.15, 0.2) is 46.1 Å². The van der Waals surface area contributed by atoms with Gasteiger partial charge in [0.05, 0.1) is 18.6 Å². The Morgan fingerprint density at radius 3 is 2.29 bits per heavy atom. The number of aromatic nitrogens is 1. The minimum absolute atomic E-state index is 0.0562. The Labute approximate surface area is 173 Å². The molecule has 0 amide bonds. The van der Waals surface area contributed by atoms with Crippen molar-refractivity contribution < 1.29 is 42.0 Å². The first-order valence-electron chi connectivity index (χ1n) is 8.88. The van der Waals surface area contributed by atoms with Crippen LogP contribution in [0.5, 0.6) is 0 Å². The molecule has 0 radical (unpaired) electrons. The standard InChI is InChI=1S/C10H9F2NO3.C10H8FNO3/c1-2-16-10(14)9(13-15)7-4-3-6(11)5-8(7)12;1-2-14-10(13)9-7-4-3-6(11)5-8(7)15-12-9/h3-5,15H,2H2,1H3;3-5H,2H2,1H3. The number of hydrogen-bond acceptors (Lipinski definition) is 8. The summed E-state index contributed by atoms with van der Waals surface area (Å²) in [5, 5.41) is 15.2. The second-order valence-electron chi connectivity index (χ2n) is 5.69. The minimum atomic E-state index is -0.999. The van der Waals surface area contributed by atoms with Gasteiger partial charge in [-0.2, -0.15) is 0 Å². The summed E-state index contributed by atoms with van der Waals surface area (Å²) in [7, 11) is 0. The Kier molecular flexibility index (Phi) is 8.12. The molecule has 0 atom stereocenters. The number of carbonyl (C=O) groups excluding carboxylic acids is 2. The van der Waals surface area contributed by atoms with E-state index in [0.717, 1.165) is 12.1 Å². The van der Waals surface area contributed by atoms with E-state index in [4.69, 9.17) is 14.5 Å². The van der Waals surface area contributed by atoms with Gasteiger partial charge in [-0.05, 0) is 38.1 Å². The predicted octanol–water partition coefficient (Wildman–Crippen LogP) is 3.85. The molecule has 3 rings (SSSR count). The average molecular weight is 438 g/mol. The summed E-state index contributed by atoms with van der Waals surface area (Å²) >= 11 is 0. The number of carbonyl (C=O) groups is 2. The van der Waals surface area contributed by atoms with Crippen molar-refractivity contribution in [1.82, 2.24) is 5.16 Å². The number of nitrogens with zero attached hydrogens (tertiary/aromatic N) is 2. The first-order valence-corrected chi connectivity index (χ1v) is 8.88. The zero-order valence-corrected chi connectivity index (χ0v) is 16.4. The molecule has 0 aliphatic carbocycles. The minimum Gasteiger partial charge on any atom is -0.461 e. The summed E-state index contributed by atoms with van der Waals surface area (Å²) in [5.41, 5.74) is -0.605. The molecule has 0 fully saturated rings. The SMILES string of the molecule is CCOC(=O)C(=NO)c1ccc(F)cc1F.CCOC(=O)c1noc2cc(F)ccc12. The van der Waals surface area contributed by atoms with Gasteiger partial charge < -0.3 is 19.2 Å². The highest BCUT2D eigenvalue weighted by molar-refractivity contribution is 6.43. The number of ether oxygens (including phenoxy) is 2. The van der Waals surface area contributed by atoms with E-state index in [9.17, 15) is 22.8 Å². The quantitative estimate of drug-likeness (QED) is 0.279. The van der Waals surface area contributed by atoms with Gasteiger partial charge in [-0.15, -0.1) is 0 Å². The van der Waals surface area contributed by atoms with Crippen molar-refractivity contribution in [3.05, 3.63) is 65.1 Å². The van der Waals surface area contributed by atoms with Crippen molar-refractivity contribution in [3.63, 3.8) is 0 Å². The molecular weight excluding hydrogens is 421 g/mol. The van der Waals surface area contributed by atoms with E-state index in [0.29, 0.717) is 11.5 Å². The Balaban J connectivity index is 0.000000220. The molecule has 0 bridgehead atoms. The van der Waals surface area contributed by atoms with Crippen LogP contribution in [0.1, 0.15) is 29.9 Å². The number of hydrogen-bond donors (Lipinski definition) is 1. The zero-order valence-electron chi connectivity index (χ0n) is 16.4. The summed E-state index contributed by atoms with van der Waals surface area (Å²) in [5.74, 6) is -3.77. The molecule has 11 heteroatoms. The fraction of sp³-hybridized carbons (Fsp3) is 0.200. The van der Waals surface area contributed by atoms with Crippen LogP contribution in [0, 0.1) is 17.5 Å². The highest BCUT2D eigenvalue weighted by Gasteiger charge is 2.20. The highest BCUT2D eigenvalue weighted by atomic mass is 19.1. The summed E-state index contributed by atoms with van der Waals surface area (Å²) in [4.78, 5) is 22.6. The van der Waals surface area contributed by atoms with Gasteiger partial charge in [0.15, 0.2) is 17.0 Å². The van der Waals surface area contributed by atoms with Gasteiger partial charge in [0, 0.05) is 17.7 Å². The van der Waals surface area contributed by atoms with Gasteiger partial charge >= 0.3 is 11.9 Å². The van der Waals surface area contributed by atoms with Gasteiger partial charge in [-0.1, -0.05) is 10.3 Å². The summed E-state index contributed by atoms with van der Waals surface area (Å²) < 4.78 is 52.8. The average Bonchev–Trinajstić information content (AvgIpc) is 3.14. The van der Waals surface area contributed by atoms with Crippen LogP contribution in [-0.4, -0.2) is 41.2 Å². The molecule has 0 aliphatic heterocycles. The number of halogens is 3. The smallest absolute Gasteiger partial charge is 0.361 e. The summed E-state index contributed by atoms with van der Waals surface area (Å²) in [6.07, 6.45) is 0. The Morgan fingerprint density at radius 1 is 1.03 bits per heavy atom.